The highest BCUT2D eigenvalue weighted by atomic mass is 35.5. The van der Waals surface area contributed by atoms with Gasteiger partial charge in [0.2, 0.25) is 0 Å². The molecule has 0 N–H and O–H groups in total. The van der Waals surface area contributed by atoms with Gasteiger partial charge >= 0.3 is 0 Å². The minimum atomic E-state index is 0.642. The first-order valence-electron chi connectivity index (χ1n) is 5.44. The van der Waals surface area contributed by atoms with Crippen molar-refractivity contribution in [1.29, 1.82) is 0 Å². The lowest BCUT2D eigenvalue weighted by Gasteiger charge is -2.20. The third-order valence-electron chi connectivity index (χ3n) is 2.35. The monoisotopic (exact) mass is 242 g/mol. The molecular formula is C12H19ClN2O. The van der Waals surface area contributed by atoms with Crippen molar-refractivity contribution in [3.05, 3.63) is 29.6 Å². The standard InChI is InChI=1S/C12H19ClN2O/c1-11-7-12(9-14-8-11)10-15(4-3-13)5-6-16-2/h7-9H,3-6,10H2,1-2H3. The van der Waals surface area contributed by atoms with Gasteiger partial charge in [0.25, 0.3) is 0 Å². The number of aryl methyl sites for hydroxylation is 1. The average molecular weight is 243 g/mol. The molecule has 0 saturated carbocycles. The number of halogens is 1. The highest BCUT2D eigenvalue weighted by molar-refractivity contribution is 6.18. The molecule has 0 aliphatic rings. The number of rotatable bonds is 7. The van der Waals surface area contributed by atoms with Crippen LogP contribution in [0.25, 0.3) is 0 Å². The summed E-state index contributed by atoms with van der Waals surface area (Å²) >= 11 is 5.77. The molecule has 16 heavy (non-hydrogen) atoms. The second kappa shape index (κ2) is 7.60. The fourth-order valence-corrected chi connectivity index (χ4v) is 1.81. The number of methoxy groups -OCH3 is 1. The van der Waals surface area contributed by atoms with Crippen LogP contribution in [0.15, 0.2) is 18.5 Å². The van der Waals surface area contributed by atoms with Crippen LogP contribution in [0.5, 0.6) is 0 Å². The van der Waals surface area contributed by atoms with E-state index in [1.807, 2.05) is 12.4 Å². The summed E-state index contributed by atoms with van der Waals surface area (Å²) in [7, 11) is 1.72. The second-order valence-electron chi connectivity index (χ2n) is 3.83. The Hall–Kier alpha value is -0.640. The maximum Gasteiger partial charge on any atom is 0.0589 e. The van der Waals surface area contributed by atoms with Gasteiger partial charge in [0.1, 0.15) is 0 Å². The molecule has 1 rings (SSSR count). The summed E-state index contributed by atoms with van der Waals surface area (Å²) in [5.41, 5.74) is 2.41. The maximum atomic E-state index is 5.77. The Bertz CT molecular complexity index is 307. The lowest BCUT2D eigenvalue weighted by Crippen LogP contribution is -2.29. The summed E-state index contributed by atoms with van der Waals surface area (Å²) in [6.45, 7) is 5.44. The van der Waals surface area contributed by atoms with Gasteiger partial charge in [-0.25, -0.2) is 0 Å². The van der Waals surface area contributed by atoms with E-state index in [-0.39, 0.29) is 0 Å². The first-order chi connectivity index (χ1) is 7.76. The van der Waals surface area contributed by atoms with Gasteiger partial charge in [-0.3, -0.25) is 9.88 Å². The van der Waals surface area contributed by atoms with Crippen LogP contribution in [-0.4, -0.2) is 42.6 Å². The molecule has 0 aromatic carbocycles. The van der Waals surface area contributed by atoms with Crippen LogP contribution >= 0.6 is 11.6 Å². The Balaban J connectivity index is 2.52. The van der Waals surface area contributed by atoms with Crippen molar-refractivity contribution in [3.63, 3.8) is 0 Å². The first kappa shape index (κ1) is 13.4. The van der Waals surface area contributed by atoms with E-state index in [9.17, 15) is 0 Å². The Morgan fingerprint density at radius 2 is 2.19 bits per heavy atom. The van der Waals surface area contributed by atoms with Crippen molar-refractivity contribution in [3.8, 4) is 0 Å². The van der Waals surface area contributed by atoms with Crippen molar-refractivity contribution < 1.29 is 4.74 Å². The molecule has 1 heterocycles. The van der Waals surface area contributed by atoms with E-state index in [0.717, 1.165) is 26.2 Å². The number of ether oxygens (including phenoxy) is 1. The molecule has 3 nitrogen and oxygen atoms in total. The number of hydrogen-bond donors (Lipinski definition) is 0. The summed E-state index contributed by atoms with van der Waals surface area (Å²) in [5.74, 6) is 0.642. The van der Waals surface area contributed by atoms with Crippen LogP contribution in [0.3, 0.4) is 0 Å². The van der Waals surface area contributed by atoms with Crippen LogP contribution in [0.2, 0.25) is 0 Å². The van der Waals surface area contributed by atoms with Gasteiger partial charge in [-0.05, 0) is 18.1 Å². The molecule has 0 fully saturated rings. The molecule has 0 aliphatic carbocycles. The van der Waals surface area contributed by atoms with Crippen LogP contribution in [0, 0.1) is 6.92 Å². The maximum absolute atomic E-state index is 5.77. The number of pyridine rings is 1. The SMILES string of the molecule is COCCN(CCCl)Cc1cncc(C)c1. The number of nitrogens with zero attached hydrogens (tertiary/aromatic N) is 2. The quantitative estimate of drug-likeness (QED) is 0.685. The second-order valence-corrected chi connectivity index (χ2v) is 4.21. The van der Waals surface area contributed by atoms with Crippen LogP contribution in [-0.2, 0) is 11.3 Å². The highest BCUT2D eigenvalue weighted by Gasteiger charge is 2.05. The minimum absolute atomic E-state index is 0.642. The van der Waals surface area contributed by atoms with Gasteiger partial charge in [-0.1, -0.05) is 6.07 Å². The zero-order chi connectivity index (χ0) is 11.8. The molecule has 4 heteroatoms. The number of hydrogen-bond acceptors (Lipinski definition) is 3. The molecule has 0 unspecified atom stereocenters. The number of aromatic nitrogens is 1. The molecule has 0 atom stereocenters. The van der Waals surface area contributed by atoms with Gasteiger partial charge in [0.05, 0.1) is 6.61 Å². The molecule has 90 valence electrons. The molecule has 0 aliphatic heterocycles. The Kier molecular flexibility index (Phi) is 6.38. The predicted octanol–water partition coefficient (Wildman–Crippen LogP) is 2.08. The highest BCUT2D eigenvalue weighted by Crippen LogP contribution is 2.05. The van der Waals surface area contributed by atoms with E-state index in [1.54, 1.807) is 7.11 Å². The molecule has 1 aromatic heterocycles. The molecule has 0 spiro atoms. The topological polar surface area (TPSA) is 25.4 Å². The first-order valence-corrected chi connectivity index (χ1v) is 5.97. The third-order valence-corrected chi connectivity index (χ3v) is 2.52. The van der Waals surface area contributed by atoms with Gasteiger partial charge in [0.15, 0.2) is 0 Å². The normalized spacial score (nSPS) is 11.0. The van der Waals surface area contributed by atoms with E-state index < -0.39 is 0 Å². The van der Waals surface area contributed by atoms with Crippen LogP contribution < -0.4 is 0 Å². The van der Waals surface area contributed by atoms with Gasteiger partial charge in [-0.2, -0.15) is 0 Å². The third kappa shape index (κ3) is 4.92. The van der Waals surface area contributed by atoms with Gasteiger partial charge in [-0.15, -0.1) is 11.6 Å². The summed E-state index contributed by atoms with van der Waals surface area (Å²) in [5, 5.41) is 0. The molecular weight excluding hydrogens is 224 g/mol. The van der Waals surface area contributed by atoms with Crippen LogP contribution in [0.4, 0.5) is 0 Å². The lowest BCUT2D eigenvalue weighted by atomic mass is 10.2. The Labute approximate surface area is 102 Å². The average Bonchev–Trinajstić information content (AvgIpc) is 2.26. The fourth-order valence-electron chi connectivity index (χ4n) is 1.57. The molecule has 0 bridgehead atoms. The van der Waals surface area contributed by atoms with Crippen molar-refractivity contribution in [2.45, 2.75) is 13.5 Å². The molecule has 0 radical (unpaired) electrons. The summed E-state index contributed by atoms with van der Waals surface area (Å²) in [4.78, 5) is 6.46. The Morgan fingerprint density at radius 1 is 1.38 bits per heavy atom. The van der Waals surface area contributed by atoms with Crippen molar-refractivity contribution >= 4 is 11.6 Å². The predicted molar refractivity (Wildman–Crippen MR) is 66.8 cm³/mol. The van der Waals surface area contributed by atoms with Crippen LogP contribution in [0.1, 0.15) is 11.1 Å². The summed E-state index contributed by atoms with van der Waals surface area (Å²) in [6.07, 6.45) is 3.77. The van der Waals surface area contributed by atoms with E-state index in [0.29, 0.717) is 5.88 Å². The van der Waals surface area contributed by atoms with Crippen molar-refractivity contribution in [1.82, 2.24) is 9.88 Å². The van der Waals surface area contributed by atoms with Gasteiger partial charge < -0.3 is 4.74 Å². The number of alkyl halides is 1. The van der Waals surface area contributed by atoms with Crippen molar-refractivity contribution in [2.75, 3.05) is 32.7 Å². The molecule has 1 aromatic rings. The zero-order valence-corrected chi connectivity index (χ0v) is 10.7. The lowest BCUT2D eigenvalue weighted by molar-refractivity contribution is 0.148. The zero-order valence-electron chi connectivity index (χ0n) is 9.95. The van der Waals surface area contributed by atoms with E-state index in [2.05, 4.69) is 22.9 Å². The van der Waals surface area contributed by atoms with E-state index >= 15 is 0 Å². The fraction of sp³-hybridized carbons (Fsp3) is 0.583. The van der Waals surface area contributed by atoms with E-state index in [1.165, 1.54) is 11.1 Å². The summed E-state index contributed by atoms with van der Waals surface area (Å²) < 4.78 is 5.08. The smallest absolute Gasteiger partial charge is 0.0589 e. The molecule has 0 amide bonds. The Morgan fingerprint density at radius 3 is 2.81 bits per heavy atom. The molecule has 0 saturated heterocycles. The van der Waals surface area contributed by atoms with Gasteiger partial charge in [0, 0.05) is 45.0 Å². The summed E-state index contributed by atoms with van der Waals surface area (Å²) in [6, 6.07) is 2.15. The van der Waals surface area contributed by atoms with Crippen molar-refractivity contribution in [2.24, 2.45) is 0 Å². The minimum Gasteiger partial charge on any atom is -0.383 e. The van der Waals surface area contributed by atoms with E-state index in [4.69, 9.17) is 16.3 Å². The largest absolute Gasteiger partial charge is 0.383 e.